The van der Waals surface area contributed by atoms with Crippen molar-refractivity contribution < 1.29 is 19.1 Å². The zero-order chi connectivity index (χ0) is 26.5. The largest absolute Gasteiger partial charge is 0.457 e. The van der Waals surface area contributed by atoms with Crippen LogP contribution in [-0.4, -0.2) is 21.4 Å². The summed E-state index contributed by atoms with van der Waals surface area (Å²) < 4.78 is 12.4. The van der Waals surface area contributed by atoms with Gasteiger partial charge in [-0.1, -0.05) is 48.5 Å². The van der Waals surface area contributed by atoms with Crippen LogP contribution in [0.5, 0.6) is 11.5 Å². The van der Waals surface area contributed by atoms with Gasteiger partial charge in [0.15, 0.2) is 0 Å². The first-order valence-corrected chi connectivity index (χ1v) is 12.6. The molecule has 0 aliphatic heterocycles. The van der Waals surface area contributed by atoms with Crippen LogP contribution in [-0.2, 0) is 22.7 Å². The number of carbonyl (C=O) groups excluding carboxylic acids is 2. The van der Waals surface area contributed by atoms with Crippen molar-refractivity contribution in [3.8, 4) is 11.5 Å². The van der Waals surface area contributed by atoms with Crippen LogP contribution in [0, 0.1) is 6.92 Å². The topological polar surface area (TPSA) is 99.5 Å². The van der Waals surface area contributed by atoms with Gasteiger partial charge in [0.2, 0.25) is 5.91 Å². The molecule has 0 fully saturated rings. The fourth-order valence-corrected chi connectivity index (χ4v) is 4.87. The number of benzene rings is 3. The molecule has 0 bridgehead atoms. The summed E-state index contributed by atoms with van der Waals surface area (Å²) in [6, 6.07) is 25.7. The number of ether oxygens (including phenoxy) is 2. The van der Waals surface area contributed by atoms with Gasteiger partial charge in [0, 0.05) is 5.69 Å². The normalized spacial score (nSPS) is 10.8. The molecule has 38 heavy (non-hydrogen) atoms. The quantitative estimate of drug-likeness (QED) is 0.267. The summed E-state index contributed by atoms with van der Waals surface area (Å²) in [6.07, 6.45) is 1.32. The van der Waals surface area contributed by atoms with E-state index in [0.29, 0.717) is 37.8 Å². The zero-order valence-electron chi connectivity index (χ0n) is 20.4. The van der Waals surface area contributed by atoms with E-state index in [1.165, 1.54) is 10.9 Å². The average Bonchev–Trinajstić information content (AvgIpc) is 3.28. The van der Waals surface area contributed by atoms with Gasteiger partial charge >= 0.3 is 5.97 Å². The molecule has 0 aliphatic carbocycles. The van der Waals surface area contributed by atoms with Crippen molar-refractivity contribution in [2.24, 2.45) is 0 Å². The van der Waals surface area contributed by atoms with E-state index in [4.69, 9.17) is 9.47 Å². The lowest BCUT2D eigenvalue weighted by molar-refractivity contribution is -0.116. The van der Waals surface area contributed by atoms with Crippen LogP contribution in [0.25, 0.3) is 10.2 Å². The Balaban J connectivity index is 1.25. The second kappa shape index (κ2) is 11.1. The molecule has 0 unspecified atom stereocenters. The number of rotatable bonds is 8. The molecule has 9 heteroatoms. The molecular weight excluding hydrogens is 502 g/mol. The maximum absolute atomic E-state index is 13.2. The van der Waals surface area contributed by atoms with Crippen LogP contribution in [0.1, 0.15) is 20.8 Å². The zero-order valence-corrected chi connectivity index (χ0v) is 21.2. The summed E-state index contributed by atoms with van der Waals surface area (Å²) in [7, 11) is 0. The van der Waals surface area contributed by atoms with Crippen molar-refractivity contribution in [3.63, 3.8) is 0 Å². The third-order valence-corrected chi connectivity index (χ3v) is 6.93. The molecule has 2 aromatic heterocycles. The number of aromatic nitrogens is 2. The fraction of sp³-hybridized carbons (Fsp3) is 0.103. The van der Waals surface area contributed by atoms with Crippen molar-refractivity contribution in [1.82, 2.24) is 9.55 Å². The van der Waals surface area contributed by atoms with Crippen LogP contribution in [0.3, 0.4) is 0 Å². The smallest absolute Gasteiger partial charge is 0.349 e. The molecular formula is C29H23N3O5S. The Morgan fingerprint density at radius 3 is 2.29 bits per heavy atom. The van der Waals surface area contributed by atoms with Crippen LogP contribution >= 0.6 is 11.3 Å². The monoisotopic (exact) mass is 525 g/mol. The SMILES string of the molecule is Cc1c(C(=O)OCc2ccccc2)sc2ncn(CC(=O)Nc3ccc(Oc4ccccc4)cc3)c(=O)c12. The van der Waals surface area contributed by atoms with Crippen LogP contribution in [0.4, 0.5) is 5.69 Å². The number of thiophene rings is 1. The number of para-hydroxylation sites is 1. The molecule has 0 saturated carbocycles. The molecule has 0 atom stereocenters. The number of hydrogen-bond acceptors (Lipinski definition) is 7. The lowest BCUT2D eigenvalue weighted by atomic mass is 10.2. The highest BCUT2D eigenvalue weighted by atomic mass is 32.1. The first-order valence-electron chi connectivity index (χ1n) is 11.8. The molecule has 1 N–H and O–H groups in total. The minimum Gasteiger partial charge on any atom is -0.457 e. The molecule has 0 radical (unpaired) electrons. The Bertz CT molecular complexity index is 1650. The Labute approximate surface area is 222 Å². The van der Waals surface area contributed by atoms with Crippen LogP contribution < -0.4 is 15.6 Å². The number of esters is 1. The number of nitrogens with one attached hydrogen (secondary N) is 1. The van der Waals surface area contributed by atoms with Crippen molar-refractivity contribution >= 4 is 39.1 Å². The first-order chi connectivity index (χ1) is 18.5. The highest BCUT2D eigenvalue weighted by Crippen LogP contribution is 2.28. The molecule has 8 nitrogen and oxygen atoms in total. The van der Waals surface area contributed by atoms with Gasteiger partial charge in [-0.25, -0.2) is 9.78 Å². The molecule has 1 amide bonds. The van der Waals surface area contributed by atoms with E-state index in [-0.39, 0.29) is 19.1 Å². The van der Waals surface area contributed by atoms with Crippen LogP contribution in [0.2, 0.25) is 0 Å². The van der Waals surface area contributed by atoms with E-state index in [9.17, 15) is 14.4 Å². The van der Waals surface area contributed by atoms with Crippen molar-refractivity contribution in [2.45, 2.75) is 20.1 Å². The van der Waals surface area contributed by atoms with E-state index in [2.05, 4.69) is 10.3 Å². The Morgan fingerprint density at radius 2 is 1.58 bits per heavy atom. The third-order valence-electron chi connectivity index (χ3n) is 5.75. The highest BCUT2D eigenvalue weighted by Gasteiger charge is 2.21. The van der Waals surface area contributed by atoms with Gasteiger partial charge in [-0.2, -0.15) is 0 Å². The van der Waals surface area contributed by atoms with Gasteiger partial charge in [-0.15, -0.1) is 11.3 Å². The number of nitrogens with zero attached hydrogens (tertiary/aromatic N) is 2. The van der Waals surface area contributed by atoms with Gasteiger partial charge in [0.05, 0.1) is 11.7 Å². The van der Waals surface area contributed by atoms with Gasteiger partial charge in [-0.3, -0.25) is 14.2 Å². The number of carbonyl (C=O) groups is 2. The fourth-order valence-electron chi connectivity index (χ4n) is 3.84. The molecule has 5 rings (SSSR count). The lowest BCUT2D eigenvalue weighted by Crippen LogP contribution is -2.27. The predicted molar refractivity (Wildman–Crippen MR) is 146 cm³/mol. The van der Waals surface area contributed by atoms with Crippen LogP contribution in [0.15, 0.2) is 96.1 Å². The standard InChI is InChI=1S/C29H23N3O5S/c1-19-25-27(38-26(19)29(35)36-17-20-8-4-2-5-9-20)30-18-32(28(25)34)16-24(33)31-21-12-14-23(15-13-21)37-22-10-6-3-7-11-22/h2-15,18H,16-17H2,1H3,(H,31,33). The minimum absolute atomic E-state index is 0.130. The van der Waals surface area contributed by atoms with Crippen molar-refractivity contribution in [3.05, 3.63) is 118 Å². The van der Waals surface area contributed by atoms with E-state index in [0.717, 1.165) is 16.9 Å². The Kier molecular flexibility index (Phi) is 7.28. The maximum atomic E-state index is 13.2. The van der Waals surface area contributed by atoms with E-state index in [1.807, 2.05) is 60.7 Å². The summed E-state index contributed by atoms with van der Waals surface area (Å²) in [6.45, 7) is 1.59. The maximum Gasteiger partial charge on any atom is 0.349 e. The molecule has 3 aromatic carbocycles. The molecule has 0 aliphatic rings. The third kappa shape index (κ3) is 5.63. The summed E-state index contributed by atoms with van der Waals surface area (Å²) >= 11 is 1.10. The van der Waals surface area contributed by atoms with E-state index < -0.39 is 11.5 Å². The molecule has 2 heterocycles. The molecule has 5 aromatic rings. The summed E-state index contributed by atoms with van der Waals surface area (Å²) in [4.78, 5) is 43.6. The van der Waals surface area contributed by atoms with Gasteiger partial charge in [-0.05, 0) is 54.4 Å². The number of amides is 1. The number of aryl methyl sites for hydroxylation is 1. The van der Waals surface area contributed by atoms with Gasteiger partial charge in [0.1, 0.15) is 34.4 Å². The van der Waals surface area contributed by atoms with E-state index >= 15 is 0 Å². The van der Waals surface area contributed by atoms with Gasteiger partial charge in [0.25, 0.3) is 5.56 Å². The number of fused-ring (bicyclic) bond motifs is 1. The van der Waals surface area contributed by atoms with Crippen molar-refractivity contribution in [1.29, 1.82) is 0 Å². The second-order valence-corrected chi connectivity index (χ2v) is 9.46. The second-order valence-electron chi connectivity index (χ2n) is 8.46. The summed E-state index contributed by atoms with van der Waals surface area (Å²) in [5, 5.41) is 3.08. The summed E-state index contributed by atoms with van der Waals surface area (Å²) in [5.41, 5.74) is 1.52. The average molecular weight is 526 g/mol. The van der Waals surface area contributed by atoms with Gasteiger partial charge < -0.3 is 14.8 Å². The molecule has 0 spiro atoms. The number of hydrogen-bond donors (Lipinski definition) is 1. The van der Waals surface area contributed by atoms with Crippen molar-refractivity contribution in [2.75, 3.05) is 5.32 Å². The van der Waals surface area contributed by atoms with E-state index in [1.54, 1.807) is 31.2 Å². The number of anilines is 1. The Hall–Kier alpha value is -4.76. The molecule has 190 valence electrons. The minimum atomic E-state index is -0.516. The predicted octanol–water partition coefficient (Wildman–Crippen LogP) is 5.55. The highest BCUT2D eigenvalue weighted by molar-refractivity contribution is 7.20. The first kappa shape index (κ1) is 24.9. The molecule has 0 saturated heterocycles. The lowest BCUT2D eigenvalue weighted by Gasteiger charge is -2.09. The Morgan fingerprint density at radius 1 is 0.921 bits per heavy atom. The summed E-state index contributed by atoms with van der Waals surface area (Å²) in [5.74, 6) is 0.437.